The molecule has 41 heavy (non-hydrogen) atoms. The number of anilines is 3. The summed E-state index contributed by atoms with van der Waals surface area (Å²) in [4.78, 5) is 16.5. The summed E-state index contributed by atoms with van der Waals surface area (Å²) in [7, 11) is 0. The minimum atomic E-state index is -0.695. The third-order valence-electron chi connectivity index (χ3n) is 8.40. The Balaban J connectivity index is 1.27. The Labute approximate surface area is 240 Å². The number of likely N-dealkylation sites (N-methyl/N-ethyl adjacent to an activating group) is 1. The highest BCUT2D eigenvalue weighted by Gasteiger charge is 2.27. The second kappa shape index (κ2) is 13.8. The first-order chi connectivity index (χ1) is 19.9. The van der Waals surface area contributed by atoms with E-state index in [1.54, 1.807) is 6.20 Å². The van der Waals surface area contributed by atoms with Crippen LogP contribution in [0.3, 0.4) is 0 Å². The summed E-state index contributed by atoms with van der Waals surface area (Å²) in [5.41, 5.74) is 1.38. The molecular formula is C30H43F2N7O2. The van der Waals surface area contributed by atoms with E-state index in [-0.39, 0.29) is 23.9 Å². The van der Waals surface area contributed by atoms with Crippen molar-refractivity contribution >= 4 is 28.7 Å². The number of imidazole rings is 1. The molecule has 3 N–H and O–H groups in total. The Morgan fingerprint density at radius 3 is 2.51 bits per heavy atom. The van der Waals surface area contributed by atoms with Crippen molar-refractivity contribution in [1.29, 1.82) is 0 Å². The van der Waals surface area contributed by atoms with Crippen LogP contribution in [0.1, 0.15) is 77.7 Å². The van der Waals surface area contributed by atoms with E-state index in [0.29, 0.717) is 42.0 Å². The van der Waals surface area contributed by atoms with Crippen LogP contribution < -0.4 is 10.6 Å². The van der Waals surface area contributed by atoms with Crippen LogP contribution in [0.15, 0.2) is 24.4 Å². The lowest BCUT2D eigenvalue weighted by Crippen LogP contribution is -2.33. The van der Waals surface area contributed by atoms with Crippen LogP contribution in [0.25, 0.3) is 11.2 Å². The van der Waals surface area contributed by atoms with Gasteiger partial charge in [0.1, 0.15) is 17.2 Å². The Hall–Kier alpha value is -2.89. The molecule has 11 heteroatoms. The van der Waals surface area contributed by atoms with E-state index in [2.05, 4.69) is 39.3 Å². The minimum Gasteiger partial charge on any atom is -0.393 e. The van der Waals surface area contributed by atoms with Crippen LogP contribution in [0, 0.1) is 11.6 Å². The summed E-state index contributed by atoms with van der Waals surface area (Å²) in [6.07, 6.45) is 9.62. The number of aliphatic hydroxyl groups is 1. The van der Waals surface area contributed by atoms with Crippen molar-refractivity contribution in [2.45, 2.75) is 95.9 Å². The number of nitrogens with one attached hydrogen (secondary N) is 2. The van der Waals surface area contributed by atoms with Gasteiger partial charge >= 0.3 is 0 Å². The van der Waals surface area contributed by atoms with Crippen molar-refractivity contribution in [3.8, 4) is 0 Å². The van der Waals surface area contributed by atoms with Gasteiger partial charge in [-0.1, -0.05) is 13.8 Å². The van der Waals surface area contributed by atoms with Gasteiger partial charge in [-0.15, -0.1) is 0 Å². The second-order valence-corrected chi connectivity index (χ2v) is 11.3. The maximum atomic E-state index is 14.5. The topological polar surface area (TPSA) is 100 Å². The van der Waals surface area contributed by atoms with Crippen molar-refractivity contribution < 1.29 is 18.6 Å². The molecule has 9 nitrogen and oxygen atoms in total. The fourth-order valence-corrected chi connectivity index (χ4v) is 6.07. The van der Waals surface area contributed by atoms with E-state index in [9.17, 15) is 13.9 Å². The zero-order valence-electron chi connectivity index (χ0n) is 24.2. The summed E-state index contributed by atoms with van der Waals surface area (Å²) in [6.45, 7) is 8.33. The lowest BCUT2D eigenvalue weighted by molar-refractivity contribution is 0.0150. The van der Waals surface area contributed by atoms with Gasteiger partial charge in [0, 0.05) is 24.7 Å². The number of fused-ring (bicyclic) bond motifs is 1. The quantitative estimate of drug-likeness (QED) is 0.251. The number of aromatic nitrogens is 4. The zero-order chi connectivity index (χ0) is 28.8. The SMILES string of the molecule is CCCN(CC)CCO[C@H]1CC[C@H](Nc2ncc3nc(Nc4ccc(F)cc4F)n([C@H]4CC[C@@H](O)CC4)c3n2)CC1. The number of halogens is 2. The third-order valence-corrected chi connectivity index (χ3v) is 8.40. The van der Waals surface area contributed by atoms with Gasteiger partial charge in [-0.05, 0) is 83.0 Å². The zero-order valence-corrected chi connectivity index (χ0v) is 24.2. The standard InChI is InChI=1S/C30H43F2N7O2/c1-3-15-38(4-2)16-17-41-24-12-6-21(7-13-24)34-29-33-19-27-28(37-29)39(22-8-10-23(40)11-9-22)30(36-27)35-26-14-5-20(31)18-25(26)32/h5,14,18-19,21-24,40H,3-4,6-13,15-17H2,1-2H3,(H,35,36)(H,33,34,37)/t21-,22-,23+,24-. The fourth-order valence-electron chi connectivity index (χ4n) is 6.07. The van der Waals surface area contributed by atoms with Gasteiger partial charge in [-0.3, -0.25) is 4.57 Å². The van der Waals surface area contributed by atoms with E-state index < -0.39 is 11.6 Å². The smallest absolute Gasteiger partial charge is 0.224 e. The van der Waals surface area contributed by atoms with Gasteiger partial charge in [0.05, 0.1) is 30.7 Å². The van der Waals surface area contributed by atoms with Crippen LogP contribution in [-0.4, -0.2) is 74.0 Å². The molecule has 5 rings (SSSR count). The molecular weight excluding hydrogens is 528 g/mol. The Morgan fingerprint density at radius 1 is 1.02 bits per heavy atom. The first kappa shape index (κ1) is 29.6. The number of ether oxygens (including phenoxy) is 1. The Morgan fingerprint density at radius 2 is 1.80 bits per heavy atom. The summed E-state index contributed by atoms with van der Waals surface area (Å²) < 4.78 is 36.2. The molecule has 2 aromatic heterocycles. The van der Waals surface area contributed by atoms with Crippen molar-refractivity contribution in [2.75, 3.05) is 36.9 Å². The number of benzene rings is 1. The molecule has 0 unspecified atom stereocenters. The average Bonchev–Trinajstić information content (AvgIpc) is 3.32. The van der Waals surface area contributed by atoms with Gasteiger partial charge in [-0.2, -0.15) is 4.98 Å². The number of rotatable bonds is 12. The maximum absolute atomic E-state index is 14.5. The molecule has 0 amide bonds. The van der Waals surface area contributed by atoms with Crippen molar-refractivity contribution in [3.63, 3.8) is 0 Å². The van der Waals surface area contributed by atoms with E-state index in [1.807, 2.05) is 4.57 Å². The summed E-state index contributed by atoms with van der Waals surface area (Å²) in [6, 6.07) is 3.71. The summed E-state index contributed by atoms with van der Waals surface area (Å²) >= 11 is 0. The number of hydrogen-bond acceptors (Lipinski definition) is 8. The maximum Gasteiger partial charge on any atom is 0.224 e. The molecule has 2 saturated carbocycles. The monoisotopic (exact) mass is 571 g/mol. The van der Waals surface area contributed by atoms with Crippen molar-refractivity contribution in [2.24, 2.45) is 0 Å². The molecule has 224 valence electrons. The third kappa shape index (κ3) is 7.50. The van der Waals surface area contributed by atoms with Crippen LogP contribution >= 0.6 is 0 Å². The molecule has 0 radical (unpaired) electrons. The molecule has 3 aromatic rings. The van der Waals surface area contributed by atoms with E-state index in [0.717, 1.165) is 77.3 Å². The normalized spacial score (nSPS) is 23.3. The van der Waals surface area contributed by atoms with Gasteiger partial charge in [-0.25, -0.2) is 18.7 Å². The molecule has 0 spiro atoms. The van der Waals surface area contributed by atoms with E-state index >= 15 is 0 Å². The number of hydrogen-bond donors (Lipinski definition) is 3. The van der Waals surface area contributed by atoms with Crippen molar-refractivity contribution in [1.82, 2.24) is 24.4 Å². The highest BCUT2D eigenvalue weighted by atomic mass is 19.1. The molecule has 0 atom stereocenters. The largest absolute Gasteiger partial charge is 0.393 e. The van der Waals surface area contributed by atoms with Crippen molar-refractivity contribution in [3.05, 3.63) is 36.0 Å². The Kier molecular flexibility index (Phi) is 10.00. The molecule has 2 aliphatic rings. The molecule has 2 heterocycles. The summed E-state index contributed by atoms with van der Waals surface area (Å²) in [5.74, 6) is -0.368. The Bertz CT molecular complexity index is 1270. The molecule has 1 aromatic carbocycles. The van der Waals surface area contributed by atoms with Gasteiger partial charge in [0.2, 0.25) is 11.9 Å². The summed E-state index contributed by atoms with van der Waals surface area (Å²) in [5, 5.41) is 16.6. The number of aliphatic hydroxyl groups excluding tert-OH is 1. The lowest BCUT2D eigenvalue weighted by Gasteiger charge is -2.30. The molecule has 2 aliphatic carbocycles. The van der Waals surface area contributed by atoms with Crippen LogP contribution in [0.4, 0.5) is 26.4 Å². The van der Waals surface area contributed by atoms with Gasteiger partial charge in [0.15, 0.2) is 5.65 Å². The highest BCUT2D eigenvalue weighted by molar-refractivity contribution is 5.76. The molecule has 0 saturated heterocycles. The first-order valence-electron chi connectivity index (χ1n) is 15.2. The molecule has 0 aliphatic heterocycles. The second-order valence-electron chi connectivity index (χ2n) is 11.3. The van der Waals surface area contributed by atoms with Gasteiger partial charge < -0.3 is 25.4 Å². The minimum absolute atomic E-state index is 0.0331. The highest BCUT2D eigenvalue weighted by Crippen LogP contribution is 2.35. The van der Waals surface area contributed by atoms with E-state index in [1.165, 1.54) is 12.1 Å². The predicted octanol–water partition coefficient (Wildman–Crippen LogP) is 5.80. The molecule has 2 fully saturated rings. The van der Waals surface area contributed by atoms with Crippen LogP contribution in [0.2, 0.25) is 0 Å². The fraction of sp³-hybridized carbons (Fsp3) is 0.633. The van der Waals surface area contributed by atoms with E-state index in [4.69, 9.17) is 9.72 Å². The molecule has 0 bridgehead atoms. The average molecular weight is 572 g/mol. The lowest BCUT2D eigenvalue weighted by atomic mass is 9.93. The first-order valence-corrected chi connectivity index (χ1v) is 15.2. The number of nitrogens with zero attached hydrogens (tertiary/aromatic N) is 5. The van der Waals surface area contributed by atoms with Gasteiger partial charge in [0.25, 0.3) is 0 Å². The van der Waals surface area contributed by atoms with Crippen LogP contribution in [0.5, 0.6) is 0 Å². The van der Waals surface area contributed by atoms with Crippen LogP contribution in [-0.2, 0) is 4.74 Å². The predicted molar refractivity (Wildman–Crippen MR) is 156 cm³/mol.